The van der Waals surface area contributed by atoms with Crippen LogP contribution in [0.5, 0.6) is 0 Å². The second-order valence-electron chi connectivity index (χ2n) is 6.22. The Bertz CT molecular complexity index is 403. The van der Waals surface area contributed by atoms with Crippen molar-refractivity contribution in [2.75, 3.05) is 19.6 Å². The third kappa shape index (κ3) is 5.71. The van der Waals surface area contributed by atoms with Crippen LogP contribution in [0.15, 0.2) is 0 Å². The molecule has 3 N–H and O–H groups in total. The van der Waals surface area contributed by atoms with E-state index < -0.39 is 23.3 Å². The fraction of sp³-hybridized carbons (Fsp3) is 0.786. The zero-order valence-electron chi connectivity index (χ0n) is 12.9. The van der Waals surface area contributed by atoms with Gasteiger partial charge >= 0.3 is 12.0 Å². The molecule has 1 aliphatic rings. The van der Waals surface area contributed by atoms with Gasteiger partial charge in [-0.05, 0) is 46.7 Å². The number of rotatable bonds is 6. The van der Waals surface area contributed by atoms with Gasteiger partial charge in [-0.3, -0.25) is 19.8 Å². The Morgan fingerprint density at radius 2 is 1.81 bits per heavy atom. The van der Waals surface area contributed by atoms with Crippen molar-refractivity contribution < 1.29 is 19.5 Å². The number of urea groups is 1. The lowest BCUT2D eigenvalue weighted by atomic mass is 9.89. The summed E-state index contributed by atoms with van der Waals surface area (Å²) >= 11 is 0. The monoisotopic (exact) mass is 299 g/mol. The van der Waals surface area contributed by atoms with Crippen molar-refractivity contribution in [2.24, 2.45) is 5.41 Å². The van der Waals surface area contributed by atoms with Crippen LogP contribution in [0.4, 0.5) is 4.79 Å². The van der Waals surface area contributed by atoms with Gasteiger partial charge in [-0.15, -0.1) is 0 Å². The second kappa shape index (κ2) is 7.40. The summed E-state index contributed by atoms with van der Waals surface area (Å²) in [5.41, 5.74) is -1.19. The van der Waals surface area contributed by atoms with Crippen molar-refractivity contribution >= 4 is 17.9 Å². The van der Waals surface area contributed by atoms with E-state index in [1.54, 1.807) is 0 Å². The van der Waals surface area contributed by atoms with E-state index in [2.05, 4.69) is 15.5 Å². The summed E-state index contributed by atoms with van der Waals surface area (Å²) in [6.07, 6.45) is 2.12. The molecule has 1 atom stereocenters. The van der Waals surface area contributed by atoms with Crippen LogP contribution in [0.2, 0.25) is 0 Å². The third-order valence-electron chi connectivity index (χ3n) is 3.76. The van der Waals surface area contributed by atoms with E-state index in [1.807, 2.05) is 6.92 Å². The lowest BCUT2D eigenvalue weighted by Gasteiger charge is -2.24. The Morgan fingerprint density at radius 1 is 1.24 bits per heavy atom. The highest BCUT2D eigenvalue weighted by molar-refractivity contribution is 5.96. The molecule has 1 rings (SSSR count). The zero-order valence-corrected chi connectivity index (χ0v) is 12.9. The summed E-state index contributed by atoms with van der Waals surface area (Å²) in [4.78, 5) is 36.5. The van der Waals surface area contributed by atoms with Gasteiger partial charge < -0.3 is 10.4 Å². The number of carbonyl (C=O) groups excluding carboxylic acids is 2. The number of carboxylic acid groups (broad SMARTS) is 1. The summed E-state index contributed by atoms with van der Waals surface area (Å²) in [6, 6.07) is -0.351. The van der Waals surface area contributed by atoms with E-state index in [0.717, 1.165) is 13.1 Å². The van der Waals surface area contributed by atoms with E-state index in [1.165, 1.54) is 26.7 Å². The first-order chi connectivity index (χ1) is 9.72. The summed E-state index contributed by atoms with van der Waals surface area (Å²) in [5, 5.41) is 13.7. The van der Waals surface area contributed by atoms with E-state index in [9.17, 15) is 14.4 Å². The van der Waals surface area contributed by atoms with Crippen molar-refractivity contribution in [1.82, 2.24) is 15.5 Å². The lowest BCUT2D eigenvalue weighted by molar-refractivity contribution is -0.149. The highest BCUT2D eigenvalue weighted by Gasteiger charge is 2.30. The molecule has 0 bridgehead atoms. The van der Waals surface area contributed by atoms with Crippen molar-refractivity contribution in [3.05, 3.63) is 0 Å². The van der Waals surface area contributed by atoms with Gasteiger partial charge in [0.1, 0.15) is 0 Å². The van der Waals surface area contributed by atoms with Crippen LogP contribution in [0.3, 0.4) is 0 Å². The van der Waals surface area contributed by atoms with Crippen molar-refractivity contribution in [3.8, 4) is 0 Å². The molecule has 3 amide bonds. The van der Waals surface area contributed by atoms with Crippen molar-refractivity contribution in [2.45, 2.75) is 46.1 Å². The molecule has 1 saturated heterocycles. The number of hydrogen-bond donors (Lipinski definition) is 3. The van der Waals surface area contributed by atoms with Gasteiger partial charge in [-0.1, -0.05) is 0 Å². The molecule has 1 unspecified atom stereocenters. The summed E-state index contributed by atoms with van der Waals surface area (Å²) in [6.45, 7) is 7.46. The smallest absolute Gasteiger partial charge is 0.321 e. The molecule has 21 heavy (non-hydrogen) atoms. The number of hydrogen-bond acceptors (Lipinski definition) is 4. The minimum Gasteiger partial charge on any atom is -0.481 e. The molecular formula is C14H25N3O4. The van der Waals surface area contributed by atoms with Crippen LogP contribution in [0.1, 0.15) is 40.0 Å². The zero-order chi connectivity index (χ0) is 16.0. The summed E-state index contributed by atoms with van der Waals surface area (Å²) < 4.78 is 0. The maximum Gasteiger partial charge on any atom is 0.321 e. The highest BCUT2D eigenvalue weighted by Crippen LogP contribution is 2.19. The number of carboxylic acids is 1. The quantitative estimate of drug-likeness (QED) is 0.674. The van der Waals surface area contributed by atoms with Gasteiger partial charge in [0.2, 0.25) is 5.91 Å². The molecule has 1 aliphatic heterocycles. The van der Waals surface area contributed by atoms with Crippen LogP contribution < -0.4 is 10.6 Å². The molecule has 7 heteroatoms. The Kier molecular flexibility index (Phi) is 6.14. The van der Waals surface area contributed by atoms with Crippen LogP contribution in [0.25, 0.3) is 0 Å². The normalized spacial score (nSPS) is 17.3. The topological polar surface area (TPSA) is 98.7 Å². The van der Waals surface area contributed by atoms with Crippen LogP contribution in [0, 0.1) is 5.41 Å². The van der Waals surface area contributed by atoms with E-state index in [0.29, 0.717) is 6.54 Å². The molecule has 0 aromatic carbocycles. The minimum atomic E-state index is -1.19. The van der Waals surface area contributed by atoms with Gasteiger partial charge in [-0.25, -0.2) is 4.79 Å². The number of aliphatic carboxylic acids is 1. The summed E-state index contributed by atoms with van der Waals surface area (Å²) in [5.74, 6) is -1.66. The molecule has 0 aromatic heterocycles. The minimum absolute atomic E-state index is 0.226. The van der Waals surface area contributed by atoms with Gasteiger partial charge in [0.15, 0.2) is 0 Å². The maximum absolute atomic E-state index is 11.6. The Hall–Kier alpha value is -1.63. The van der Waals surface area contributed by atoms with Gasteiger partial charge in [0.25, 0.3) is 0 Å². The number of nitrogens with one attached hydrogen (secondary N) is 2. The summed E-state index contributed by atoms with van der Waals surface area (Å²) in [7, 11) is 0. The molecule has 0 spiro atoms. The first kappa shape index (κ1) is 17.4. The van der Waals surface area contributed by atoms with Crippen molar-refractivity contribution in [3.63, 3.8) is 0 Å². The molecule has 1 heterocycles. The number of carbonyl (C=O) groups is 3. The fourth-order valence-electron chi connectivity index (χ4n) is 2.24. The standard InChI is InChI=1S/C14H25N3O4/c1-10(17-6-4-5-7-17)9-15-13(21)16-11(18)8-14(2,3)12(19)20/h10H,4-9H2,1-3H3,(H,19,20)(H2,15,16,18,21). The average molecular weight is 299 g/mol. The Balaban J connectivity index is 2.29. The molecular weight excluding hydrogens is 274 g/mol. The lowest BCUT2D eigenvalue weighted by Crippen LogP contribution is -2.46. The molecule has 120 valence electrons. The number of likely N-dealkylation sites (tertiary alicyclic amines) is 1. The molecule has 1 fully saturated rings. The van der Waals surface area contributed by atoms with E-state index in [-0.39, 0.29) is 12.5 Å². The predicted octanol–water partition coefficient (Wildman–Crippen LogP) is 0.797. The number of nitrogens with zero attached hydrogens (tertiary/aromatic N) is 1. The highest BCUT2D eigenvalue weighted by atomic mass is 16.4. The SMILES string of the molecule is CC(CNC(=O)NC(=O)CC(C)(C)C(=O)O)N1CCCC1. The third-order valence-corrected chi connectivity index (χ3v) is 3.76. The first-order valence-electron chi connectivity index (χ1n) is 7.27. The molecule has 0 saturated carbocycles. The van der Waals surface area contributed by atoms with Crippen LogP contribution in [-0.4, -0.2) is 53.6 Å². The van der Waals surface area contributed by atoms with Gasteiger partial charge in [-0.2, -0.15) is 0 Å². The van der Waals surface area contributed by atoms with Crippen molar-refractivity contribution in [1.29, 1.82) is 0 Å². The molecule has 0 radical (unpaired) electrons. The van der Waals surface area contributed by atoms with Gasteiger partial charge in [0.05, 0.1) is 5.41 Å². The predicted molar refractivity (Wildman–Crippen MR) is 77.8 cm³/mol. The first-order valence-corrected chi connectivity index (χ1v) is 7.27. The average Bonchev–Trinajstić information content (AvgIpc) is 2.88. The Labute approximate surface area is 125 Å². The fourth-order valence-corrected chi connectivity index (χ4v) is 2.24. The second-order valence-corrected chi connectivity index (χ2v) is 6.22. The number of imide groups is 1. The van der Waals surface area contributed by atoms with Gasteiger partial charge in [0, 0.05) is 19.0 Å². The molecule has 7 nitrogen and oxygen atoms in total. The van der Waals surface area contributed by atoms with E-state index in [4.69, 9.17) is 5.11 Å². The Morgan fingerprint density at radius 3 is 2.33 bits per heavy atom. The molecule has 0 aliphatic carbocycles. The maximum atomic E-state index is 11.6. The molecule has 0 aromatic rings. The number of amides is 3. The van der Waals surface area contributed by atoms with E-state index >= 15 is 0 Å². The van der Waals surface area contributed by atoms with Crippen LogP contribution >= 0.6 is 0 Å². The largest absolute Gasteiger partial charge is 0.481 e. The van der Waals surface area contributed by atoms with Crippen LogP contribution in [-0.2, 0) is 9.59 Å².